The summed E-state index contributed by atoms with van der Waals surface area (Å²) in [5, 5.41) is 9.10. The van der Waals surface area contributed by atoms with Crippen molar-refractivity contribution >= 4 is 23.4 Å². The maximum atomic E-state index is 12.6. The molecule has 1 amide bonds. The molecule has 8 heteroatoms. The van der Waals surface area contributed by atoms with E-state index >= 15 is 0 Å². The van der Waals surface area contributed by atoms with E-state index in [4.69, 9.17) is 19.3 Å². The molecule has 0 bridgehead atoms. The van der Waals surface area contributed by atoms with E-state index in [9.17, 15) is 14.4 Å². The number of carboxylic acids is 1. The Hall–Kier alpha value is -3.16. The first-order valence-electron chi connectivity index (χ1n) is 8.29. The van der Waals surface area contributed by atoms with Gasteiger partial charge in [-0.2, -0.15) is 0 Å². The molecule has 3 rings (SSSR count). The van der Waals surface area contributed by atoms with Gasteiger partial charge in [0.2, 0.25) is 5.75 Å². The third-order valence-corrected chi connectivity index (χ3v) is 4.77. The van der Waals surface area contributed by atoms with Gasteiger partial charge in [-0.1, -0.05) is 6.07 Å². The van der Waals surface area contributed by atoms with Crippen molar-refractivity contribution in [1.29, 1.82) is 0 Å². The monoisotopic (exact) mass is 373 g/mol. The molecule has 1 aliphatic carbocycles. The molecule has 2 unspecified atom stereocenters. The Morgan fingerprint density at radius 1 is 1.07 bits per heavy atom. The molecule has 0 radical (unpaired) electrons. The van der Waals surface area contributed by atoms with E-state index in [-0.39, 0.29) is 23.7 Å². The quantitative estimate of drug-likeness (QED) is 0.783. The number of hydrogen-bond donors (Lipinski definition) is 1. The zero-order chi connectivity index (χ0) is 19.7. The minimum atomic E-state index is -1.40. The number of ketones is 1. The molecule has 2 aliphatic rings. The maximum Gasteiger partial charge on any atom is 0.320 e. The summed E-state index contributed by atoms with van der Waals surface area (Å²) in [5.74, 6) is -2.65. The van der Waals surface area contributed by atoms with Gasteiger partial charge in [-0.05, 0) is 18.6 Å². The van der Waals surface area contributed by atoms with Crippen LogP contribution in [0.3, 0.4) is 0 Å². The summed E-state index contributed by atoms with van der Waals surface area (Å²) in [5.41, 5.74) is 1.27. The van der Waals surface area contributed by atoms with Crippen LogP contribution < -0.4 is 14.2 Å². The second-order valence-electron chi connectivity index (χ2n) is 6.24. The topological polar surface area (TPSA) is 111 Å². The van der Waals surface area contributed by atoms with Gasteiger partial charge in [-0.3, -0.25) is 14.4 Å². The molecule has 0 spiro atoms. The van der Waals surface area contributed by atoms with Crippen molar-refractivity contribution in [3.8, 4) is 17.2 Å². The van der Waals surface area contributed by atoms with E-state index in [1.807, 2.05) is 0 Å². The molecule has 1 aromatic carbocycles. The Bertz CT molecular complexity index is 884. The Kier molecular flexibility index (Phi) is 4.98. The number of rotatable bonds is 5. The summed E-state index contributed by atoms with van der Waals surface area (Å²) in [7, 11) is 4.50. The van der Waals surface area contributed by atoms with Crippen LogP contribution in [0.15, 0.2) is 28.8 Å². The van der Waals surface area contributed by atoms with Crippen molar-refractivity contribution in [2.45, 2.75) is 18.8 Å². The van der Waals surface area contributed by atoms with Crippen molar-refractivity contribution in [3.63, 3.8) is 0 Å². The second-order valence-corrected chi connectivity index (χ2v) is 6.24. The predicted molar refractivity (Wildman–Crippen MR) is 94.7 cm³/mol. The van der Waals surface area contributed by atoms with Crippen LogP contribution in [-0.4, -0.2) is 49.8 Å². The van der Waals surface area contributed by atoms with E-state index in [1.165, 1.54) is 27.4 Å². The third-order valence-electron chi connectivity index (χ3n) is 4.77. The molecule has 1 aliphatic heterocycles. The normalized spacial score (nSPS) is 21.7. The lowest BCUT2D eigenvalue weighted by atomic mass is 9.77. The molecule has 1 saturated carbocycles. The van der Waals surface area contributed by atoms with Gasteiger partial charge in [0.1, 0.15) is 0 Å². The van der Waals surface area contributed by atoms with E-state index in [2.05, 4.69) is 4.99 Å². The minimum absolute atomic E-state index is 0.150. The van der Waals surface area contributed by atoms with Crippen LogP contribution in [0.5, 0.6) is 17.2 Å². The number of aliphatic carboxylic acids is 1. The number of hydrogen-bond acceptors (Lipinski definition) is 6. The molecule has 27 heavy (non-hydrogen) atoms. The van der Waals surface area contributed by atoms with E-state index in [0.29, 0.717) is 29.4 Å². The van der Waals surface area contributed by atoms with Gasteiger partial charge in [0.15, 0.2) is 23.2 Å². The van der Waals surface area contributed by atoms with E-state index < -0.39 is 17.8 Å². The van der Waals surface area contributed by atoms with Gasteiger partial charge in [-0.15, -0.1) is 0 Å². The summed E-state index contributed by atoms with van der Waals surface area (Å²) in [6.07, 6.45) is 1.68. The zero-order valence-electron chi connectivity index (χ0n) is 15.1. The first-order valence-corrected chi connectivity index (χ1v) is 8.29. The molecule has 1 N–H and O–H groups in total. The zero-order valence-corrected chi connectivity index (χ0v) is 15.1. The van der Waals surface area contributed by atoms with Gasteiger partial charge >= 0.3 is 5.97 Å². The van der Waals surface area contributed by atoms with Crippen LogP contribution in [0.1, 0.15) is 24.3 Å². The maximum absolute atomic E-state index is 12.6. The molecule has 0 aromatic heterocycles. The van der Waals surface area contributed by atoms with Gasteiger partial charge in [-0.25, -0.2) is 4.99 Å². The first kappa shape index (κ1) is 18.6. The number of fused-ring (bicyclic) bond motifs is 1. The molecular formula is C19H19NO7. The SMILES string of the molecule is COc1ccc(C2CC(=O)C3=CC(C(=O)O)C(=O)N=C3C2)c(OC)c1OC. The van der Waals surface area contributed by atoms with Crippen LogP contribution in [0.4, 0.5) is 0 Å². The number of nitrogens with zero attached hydrogens (tertiary/aromatic N) is 1. The molecule has 1 fully saturated rings. The summed E-state index contributed by atoms with van der Waals surface area (Å²) >= 11 is 0. The summed E-state index contributed by atoms with van der Waals surface area (Å²) in [6.45, 7) is 0. The highest BCUT2D eigenvalue weighted by Gasteiger charge is 2.38. The van der Waals surface area contributed by atoms with E-state index in [0.717, 1.165) is 5.56 Å². The Morgan fingerprint density at radius 3 is 2.37 bits per heavy atom. The van der Waals surface area contributed by atoms with Crippen LogP contribution in [0, 0.1) is 5.92 Å². The smallest absolute Gasteiger partial charge is 0.320 e. The van der Waals surface area contributed by atoms with Crippen molar-refractivity contribution in [2.75, 3.05) is 21.3 Å². The fraction of sp³-hybridized carbons (Fsp3) is 0.368. The Morgan fingerprint density at radius 2 is 1.78 bits per heavy atom. The van der Waals surface area contributed by atoms with Crippen molar-refractivity contribution in [3.05, 3.63) is 29.3 Å². The summed E-state index contributed by atoms with van der Waals surface area (Å²) in [6, 6.07) is 3.51. The molecular weight excluding hydrogens is 354 g/mol. The van der Waals surface area contributed by atoms with Crippen LogP contribution in [-0.2, 0) is 14.4 Å². The number of aliphatic imine (C=N–C) groups is 1. The largest absolute Gasteiger partial charge is 0.493 e. The fourth-order valence-electron chi connectivity index (χ4n) is 3.49. The van der Waals surface area contributed by atoms with Gasteiger partial charge < -0.3 is 19.3 Å². The summed E-state index contributed by atoms with van der Waals surface area (Å²) < 4.78 is 16.1. The molecule has 8 nitrogen and oxygen atoms in total. The number of carbonyl (C=O) groups excluding carboxylic acids is 2. The van der Waals surface area contributed by atoms with Gasteiger partial charge in [0, 0.05) is 23.5 Å². The molecule has 0 saturated heterocycles. The van der Waals surface area contributed by atoms with Crippen molar-refractivity contribution in [1.82, 2.24) is 0 Å². The number of amides is 1. The molecule has 1 aromatic rings. The predicted octanol–water partition coefficient (Wildman–Crippen LogP) is 1.77. The van der Waals surface area contributed by atoms with Crippen LogP contribution >= 0.6 is 0 Å². The lowest BCUT2D eigenvalue weighted by molar-refractivity contribution is -0.143. The van der Waals surface area contributed by atoms with Crippen LogP contribution in [0.25, 0.3) is 0 Å². The number of methoxy groups -OCH3 is 3. The van der Waals surface area contributed by atoms with Crippen molar-refractivity contribution < 1.29 is 33.7 Å². The number of carbonyl (C=O) groups is 3. The first-order chi connectivity index (χ1) is 12.9. The highest BCUT2D eigenvalue weighted by atomic mass is 16.5. The lowest BCUT2D eigenvalue weighted by Gasteiger charge is -2.29. The van der Waals surface area contributed by atoms with Crippen molar-refractivity contribution in [2.24, 2.45) is 10.9 Å². The average Bonchev–Trinajstić information content (AvgIpc) is 2.65. The number of dihydropyridines is 1. The molecule has 2 atom stereocenters. The number of ether oxygens (including phenoxy) is 3. The Labute approximate surface area is 155 Å². The molecule has 142 valence electrons. The lowest BCUT2D eigenvalue weighted by Crippen LogP contribution is -2.33. The highest BCUT2D eigenvalue weighted by Crippen LogP contribution is 2.46. The second kappa shape index (κ2) is 7.22. The number of carboxylic acid groups (broad SMARTS) is 1. The number of benzene rings is 1. The average molecular weight is 373 g/mol. The van der Waals surface area contributed by atoms with E-state index in [1.54, 1.807) is 12.1 Å². The van der Waals surface area contributed by atoms with Gasteiger partial charge in [0.25, 0.3) is 5.91 Å². The standard InChI is InChI=1S/C19H19NO7/c1-25-15-5-4-10(16(26-2)17(15)27-3)9-6-13-11(14(21)7-9)8-12(19(23)24)18(22)20-13/h4-5,8-9,12H,6-7H2,1-3H3,(H,23,24). The molecule has 1 heterocycles. The Balaban J connectivity index is 2.00. The number of Topliss-reactive ketones (excluding diaryl/α,β-unsaturated/α-hetero) is 1. The number of allylic oxidation sites excluding steroid dienone is 1. The minimum Gasteiger partial charge on any atom is -0.493 e. The third kappa shape index (κ3) is 3.18. The highest BCUT2D eigenvalue weighted by molar-refractivity contribution is 6.29. The fourth-order valence-corrected chi connectivity index (χ4v) is 3.49. The van der Waals surface area contributed by atoms with Gasteiger partial charge in [0.05, 0.1) is 27.0 Å². The summed E-state index contributed by atoms with van der Waals surface area (Å²) in [4.78, 5) is 39.6. The van der Waals surface area contributed by atoms with Crippen LogP contribution in [0.2, 0.25) is 0 Å².